The Balaban J connectivity index is 1.86. The summed E-state index contributed by atoms with van der Waals surface area (Å²) in [5.74, 6) is 0.640. The third-order valence-corrected chi connectivity index (χ3v) is 4.62. The molecule has 0 aliphatic heterocycles. The molecule has 3 aromatic rings. The van der Waals surface area contributed by atoms with Crippen LogP contribution in [0.15, 0.2) is 34.0 Å². The van der Waals surface area contributed by atoms with Crippen LogP contribution in [0.2, 0.25) is 5.15 Å². The van der Waals surface area contributed by atoms with Crippen molar-refractivity contribution in [2.75, 3.05) is 0 Å². The van der Waals surface area contributed by atoms with E-state index in [2.05, 4.69) is 30.9 Å². The summed E-state index contributed by atoms with van der Waals surface area (Å²) in [4.78, 5) is 13.4. The van der Waals surface area contributed by atoms with Gasteiger partial charge >= 0.3 is 0 Å². The Morgan fingerprint density at radius 1 is 1.19 bits per heavy atom. The van der Waals surface area contributed by atoms with Crippen molar-refractivity contribution in [2.45, 2.75) is 24.8 Å². The van der Waals surface area contributed by atoms with E-state index in [-0.39, 0.29) is 0 Å². The zero-order chi connectivity index (χ0) is 15.0. The second-order valence-electron chi connectivity index (χ2n) is 4.65. The van der Waals surface area contributed by atoms with Crippen molar-refractivity contribution in [2.24, 2.45) is 0 Å². The third kappa shape index (κ3) is 3.22. The van der Waals surface area contributed by atoms with Crippen LogP contribution in [-0.2, 0) is 5.75 Å². The van der Waals surface area contributed by atoms with E-state index in [9.17, 15) is 0 Å². The molecule has 0 aliphatic rings. The van der Waals surface area contributed by atoms with Gasteiger partial charge in [0.05, 0.1) is 5.69 Å². The van der Waals surface area contributed by atoms with Gasteiger partial charge in [0.1, 0.15) is 10.8 Å². The van der Waals surface area contributed by atoms with Gasteiger partial charge in [0.25, 0.3) is 0 Å². The molecule has 108 valence electrons. The second kappa shape index (κ2) is 5.94. The summed E-state index contributed by atoms with van der Waals surface area (Å²) in [6.45, 7) is 3.93. The Labute approximate surface area is 140 Å². The highest BCUT2D eigenvalue weighted by Crippen LogP contribution is 2.26. The molecule has 3 heterocycles. The summed E-state index contributed by atoms with van der Waals surface area (Å²) in [6.07, 6.45) is 1.91. The highest BCUT2D eigenvalue weighted by molar-refractivity contribution is 9.10. The number of aryl methyl sites for hydroxylation is 2. The molecule has 0 radical (unpaired) electrons. The largest absolute Gasteiger partial charge is 0.289 e. The van der Waals surface area contributed by atoms with Crippen LogP contribution < -0.4 is 0 Å². The summed E-state index contributed by atoms with van der Waals surface area (Å²) >= 11 is 11.4. The number of rotatable bonds is 3. The number of hydrogen-bond donors (Lipinski definition) is 0. The van der Waals surface area contributed by atoms with Gasteiger partial charge in [0.15, 0.2) is 5.16 Å². The van der Waals surface area contributed by atoms with Gasteiger partial charge in [-0.25, -0.2) is 15.0 Å². The molecular weight excluding hydrogens is 372 g/mol. The van der Waals surface area contributed by atoms with Gasteiger partial charge in [-0.3, -0.25) is 4.40 Å². The maximum Gasteiger partial charge on any atom is 0.188 e. The Bertz CT molecular complexity index is 798. The minimum absolute atomic E-state index is 0.628. The minimum Gasteiger partial charge on any atom is -0.289 e. The number of fused-ring (bicyclic) bond motifs is 1. The summed E-state index contributed by atoms with van der Waals surface area (Å²) in [5.41, 5.74) is 3.60. The minimum atomic E-state index is 0.628. The second-order valence-corrected chi connectivity index (χ2v) is 6.86. The first-order valence-electron chi connectivity index (χ1n) is 6.30. The lowest BCUT2D eigenvalue weighted by atomic mass is 10.4. The zero-order valence-corrected chi connectivity index (χ0v) is 14.6. The molecule has 0 saturated carbocycles. The monoisotopic (exact) mass is 382 g/mol. The van der Waals surface area contributed by atoms with Crippen LogP contribution in [0.3, 0.4) is 0 Å². The number of pyridine rings is 1. The molecule has 0 aliphatic carbocycles. The summed E-state index contributed by atoms with van der Waals surface area (Å²) in [7, 11) is 0. The van der Waals surface area contributed by atoms with Crippen molar-refractivity contribution in [3.8, 4) is 0 Å². The van der Waals surface area contributed by atoms with E-state index in [4.69, 9.17) is 11.6 Å². The molecule has 4 nitrogen and oxygen atoms in total. The molecule has 0 atom stereocenters. The number of halogens is 2. The van der Waals surface area contributed by atoms with Crippen molar-refractivity contribution < 1.29 is 0 Å². The van der Waals surface area contributed by atoms with Gasteiger partial charge in [-0.05, 0) is 48.0 Å². The molecule has 0 unspecified atom stereocenters. The molecule has 0 aromatic carbocycles. The number of nitrogens with zero attached hydrogens (tertiary/aromatic N) is 4. The van der Waals surface area contributed by atoms with E-state index in [1.165, 1.54) is 0 Å². The van der Waals surface area contributed by atoms with E-state index in [1.54, 1.807) is 11.8 Å². The van der Waals surface area contributed by atoms with Gasteiger partial charge in [0.2, 0.25) is 0 Å². The van der Waals surface area contributed by atoms with E-state index >= 15 is 0 Å². The van der Waals surface area contributed by atoms with Crippen molar-refractivity contribution >= 4 is 44.9 Å². The molecule has 21 heavy (non-hydrogen) atoms. The van der Waals surface area contributed by atoms with Crippen LogP contribution in [0.5, 0.6) is 0 Å². The quantitative estimate of drug-likeness (QED) is 0.495. The molecule has 0 bridgehead atoms. The van der Waals surface area contributed by atoms with E-state index in [0.717, 1.165) is 32.4 Å². The Morgan fingerprint density at radius 3 is 2.62 bits per heavy atom. The lowest BCUT2D eigenvalue weighted by Crippen LogP contribution is -1.93. The van der Waals surface area contributed by atoms with E-state index < -0.39 is 0 Å². The SMILES string of the molecule is Cc1cc(C)nc(SCc2nc3ccc(Br)cn3c2Cl)n1. The maximum absolute atomic E-state index is 6.38. The van der Waals surface area contributed by atoms with Crippen molar-refractivity contribution in [3.63, 3.8) is 0 Å². The molecule has 0 N–H and O–H groups in total. The highest BCUT2D eigenvalue weighted by Gasteiger charge is 2.11. The Hall–Kier alpha value is -1.11. The molecule has 0 amide bonds. The van der Waals surface area contributed by atoms with Crippen LogP contribution in [0.4, 0.5) is 0 Å². The molecule has 0 spiro atoms. The summed E-state index contributed by atoms with van der Waals surface area (Å²) < 4.78 is 2.83. The smallest absolute Gasteiger partial charge is 0.188 e. The first-order valence-corrected chi connectivity index (χ1v) is 8.45. The normalized spacial score (nSPS) is 11.2. The fourth-order valence-corrected chi connectivity index (χ4v) is 3.57. The molecule has 7 heteroatoms. The molecule has 0 fully saturated rings. The number of imidazole rings is 1. The maximum atomic E-state index is 6.38. The molecule has 3 aromatic heterocycles. The standard InChI is InChI=1S/C14H12BrClN4S/c1-8-5-9(2)18-14(17-8)21-7-11-13(16)20-6-10(15)3-4-12(20)19-11/h3-6H,7H2,1-2H3. The van der Waals surface area contributed by atoms with E-state index in [1.807, 2.05) is 42.6 Å². The average Bonchev–Trinajstić information content (AvgIpc) is 2.72. The number of aromatic nitrogens is 4. The summed E-state index contributed by atoms with van der Waals surface area (Å²) in [5, 5.41) is 1.38. The van der Waals surface area contributed by atoms with Crippen molar-refractivity contribution in [1.29, 1.82) is 0 Å². The fourth-order valence-electron chi connectivity index (χ4n) is 2.02. The van der Waals surface area contributed by atoms with Gasteiger partial charge in [-0.1, -0.05) is 23.4 Å². The van der Waals surface area contributed by atoms with Gasteiger partial charge in [0, 0.05) is 27.8 Å². The third-order valence-electron chi connectivity index (χ3n) is 2.89. The number of hydrogen-bond acceptors (Lipinski definition) is 4. The Morgan fingerprint density at radius 2 is 1.90 bits per heavy atom. The first kappa shape index (κ1) is 14.8. The highest BCUT2D eigenvalue weighted by atomic mass is 79.9. The van der Waals surface area contributed by atoms with Crippen LogP contribution in [0.25, 0.3) is 5.65 Å². The number of thioether (sulfide) groups is 1. The van der Waals surface area contributed by atoms with E-state index in [0.29, 0.717) is 10.9 Å². The average molecular weight is 384 g/mol. The van der Waals surface area contributed by atoms with Gasteiger partial charge in [-0.15, -0.1) is 0 Å². The predicted octanol–water partition coefficient (Wildman–Crippen LogP) is 4.45. The van der Waals surface area contributed by atoms with Crippen LogP contribution in [-0.4, -0.2) is 19.4 Å². The first-order chi connectivity index (χ1) is 10.0. The predicted molar refractivity (Wildman–Crippen MR) is 89.0 cm³/mol. The Kier molecular flexibility index (Phi) is 4.19. The van der Waals surface area contributed by atoms with Crippen LogP contribution >= 0.6 is 39.3 Å². The topological polar surface area (TPSA) is 43.1 Å². The van der Waals surface area contributed by atoms with Crippen molar-refractivity contribution in [1.82, 2.24) is 19.4 Å². The summed E-state index contributed by atoms with van der Waals surface area (Å²) in [6, 6.07) is 5.83. The molecular formula is C14H12BrClN4S. The molecule has 0 saturated heterocycles. The van der Waals surface area contributed by atoms with Gasteiger partial charge < -0.3 is 0 Å². The lowest BCUT2D eigenvalue weighted by molar-refractivity contribution is 0.901. The lowest BCUT2D eigenvalue weighted by Gasteiger charge is -2.01. The zero-order valence-electron chi connectivity index (χ0n) is 11.5. The van der Waals surface area contributed by atoms with Crippen LogP contribution in [0, 0.1) is 13.8 Å². The fraction of sp³-hybridized carbons (Fsp3) is 0.214. The van der Waals surface area contributed by atoms with Crippen molar-refractivity contribution in [3.05, 3.63) is 51.1 Å². The van der Waals surface area contributed by atoms with Crippen LogP contribution in [0.1, 0.15) is 17.1 Å². The molecule has 3 rings (SSSR count). The van der Waals surface area contributed by atoms with Gasteiger partial charge in [-0.2, -0.15) is 0 Å².